The monoisotopic (exact) mass is 520 g/mol. The number of hydrogen-bond acceptors (Lipinski definition) is 3. The summed E-state index contributed by atoms with van der Waals surface area (Å²) < 4.78 is 0. The molecule has 0 saturated carbocycles. The Labute approximate surface area is 218 Å². The van der Waals surface area contributed by atoms with Crippen LogP contribution in [0, 0.1) is 6.92 Å². The van der Waals surface area contributed by atoms with Crippen molar-refractivity contribution >= 4 is 58.2 Å². The van der Waals surface area contributed by atoms with Crippen LogP contribution in [0.3, 0.4) is 0 Å². The zero-order valence-electron chi connectivity index (χ0n) is 18.8. The molecule has 35 heavy (non-hydrogen) atoms. The number of halogens is 2. The maximum Gasteiger partial charge on any atom is 0.255 e. The second-order valence-corrected chi connectivity index (χ2v) is 9.96. The fraction of sp³-hybridized carbons (Fsp3) is 0.0714. The van der Waals surface area contributed by atoms with Gasteiger partial charge in [0.2, 0.25) is 5.91 Å². The molecule has 4 aromatic carbocycles. The van der Waals surface area contributed by atoms with Gasteiger partial charge in [0.1, 0.15) is 5.25 Å². The lowest BCUT2D eigenvalue weighted by Gasteiger charge is -2.18. The Morgan fingerprint density at radius 3 is 2.17 bits per heavy atom. The Balaban J connectivity index is 1.55. The molecule has 0 fully saturated rings. The first kappa shape index (κ1) is 24.9. The second-order valence-electron chi connectivity index (χ2n) is 7.91. The van der Waals surface area contributed by atoms with Crippen LogP contribution in [-0.4, -0.2) is 11.8 Å². The molecule has 4 nitrogen and oxygen atoms in total. The van der Waals surface area contributed by atoms with Gasteiger partial charge in [-0.05, 0) is 61.0 Å². The van der Waals surface area contributed by atoms with E-state index in [1.807, 2.05) is 79.7 Å². The van der Waals surface area contributed by atoms with Crippen molar-refractivity contribution in [3.63, 3.8) is 0 Å². The first-order valence-corrected chi connectivity index (χ1v) is 12.5. The van der Waals surface area contributed by atoms with Gasteiger partial charge in [0.05, 0.1) is 0 Å². The van der Waals surface area contributed by atoms with Crippen LogP contribution >= 0.6 is 35.0 Å². The third kappa shape index (κ3) is 6.89. The quantitative estimate of drug-likeness (QED) is 0.242. The van der Waals surface area contributed by atoms with E-state index in [2.05, 4.69) is 10.6 Å². The molecule has 2 amide bonds. The summed E-state index contributed by atoms with van der Waals surface area (Å²) in [6.45, 7) is 1.94. The van der Waals surface area contributed by atoms with E-state index in [9.17, 15) is 9.59 Å². The number of carbonyl (C=O) groups excluding carboxylic acids is 2. The van der Waals surface area contributed by atoms with Crippen molar-refractivity contribution in [1.82, 2.24) is 0 Å². The number of hydrogen-bond donors (Lipinski definition) is 2. The van der Waals surface area contributed by atoms with Gasteiger partial charge in [-0.15, -0.1) is 11.8 Å². The minimum absolute atomic E-state index is 0.189. The molecule has 0 radical (unpaired) electrons. The first-order chi connectivity index (χ1) is 16.9. The highest BCUT2D eigenvalue weighted by Gasteiger charge is 2.23. The number of anilines is 2. The molecule has 1 atom stereocenters. The van der Waals surface area contributed by atoms with E-state index in [1.54, 1.807) is 24.3 Å². The number of thioether (sulfide) groups is 1. The maximum absolute atomic E-state index is 13.3. The lowest BCUT2D eigenvalue weighted by Crippen LogP contribution is -2.19. The van der Waals surface area contributed by atoms with E-state index in [0.29, 0.717) is 27.0 Å². The van der Waals surface area contributed by atoms with E-state index in [-0.39, 0.29) is 11.8 Å². The minimum Gasteiger partial charge on any atom is -0.325 e. The van der Waals surface area contributed by atoms with Gasteiger partial charge in [-0.25, -0.2) is 0 Å². The van der Waals surface area contributed by atoms with Gasteiger partial charge >= 0.3 is 0 Å². The molecular weight excluding hydrogens is 499 g/mol. The largest absolute Gasteiger partial charge is 0.325 e. The van der Waals surface area contributed by atoms with Crippen LogP contribution in [-0.2, 0) is 4.79 Å². The van der Waals surface area contributed by atoms with E-state index < -0.39 is 5.25 Å². The highest BCUT2D eigenvalue weighted by Crippen LogP contribution is 2.37. The average Bonchev–Trinajstić information content (AvgIpc) is 2.82. The fourth-order valence-corrected chi connectivity index (χ4v) is 5.12. The summed E-state index contributed by atoms with van der Waals surface area (Å²) in [5, 5.41) is 6.19. The molecule has 4 rings (SSSR count). The number of rotatable bonds is 7. The molecule has 0 aliphatic heterocycles. The number of aryl methyl sites for hydroxylation is 1. The van der Waals surface area contributed by atoms with Crippen LogP contribution in [0.4, 0.5) is 11.4 Å². The minimum atomic E-state index is -0.545. The smallest absolute Gasteiger partial charge is 0.255 e. The van der Waals surface area contributed by atoms with Crippen LogP contribution in [0.15, 0.2) is 102 Å². The summed E-state index contributed by atoms with van der Waals surface area (Å²) in [7, 11) is 0. The van der Waals surface area contributed by atoms with Crippen LogP contribution < -0.4 is 10.6 Å². The summed E-state index contributed by atoms with van der Waals surface area (Å²) in [5.74, 6) is -0.403. The van der Waals surface area contributed by atoms with Crippen molar-refractivity contribution in [2.45, 2.75) is 17.1 Å². The van der Waals surface area contributed by atoms with E-state index in [0.717, 1.165) is 16.0 Å². The van der Waals surface area contributed by atoms with Crippen molar-refractivity contribution in [3.8, 4) is 0 Å². The molecule has 0 heterocycles. The van der Waals surface area contributed by atoms with Gasteiger partial charge in [-0.2, -0.15) is 0 Å². The Bertz CT molecular complexity index is 1340. The predicted octanol–water partition coefficient (Wildman–Crippen LogP) is 8.03. The molecule has 176 valence electrons. The number of carbonyl (C=O) groups is 2. The van der Waals surface area contributed by atoms with E-state index >= 15 is 0 Å². The molecule has 0 aliphatic rings. The van der Waals surface area contributed by atoms with Crippen LogP contribution in [0.1, 0.15) is 26.7 Å². The Morgan fingerprint density at radius 1 is 0.743 bits per heavy atom. The zero-order valence-corrected chi connectivity index (χ0v) is 21.1. The normalized spacial score (nSPS) is 11.5. The van der Waals surface area contributed by atoms with Gasteiger partial charge in [0.15, 0.2) is 0 Å². The lowest BCUT2D eigenvalue weighted by atomic mass is 10.1. The highest BCUT2D eigenvalue weighted by molar-refractivity contribution is 8.00. The molecule has 7 heteroatoms. The van der Waals surface area contributed by atoms with Gasteiger partial charge in [-0.1, -0.05) is 77.3 Å². The third-order valence-corrected chi connectivity index (χ3v) is 6.78. The van der Waals surface area contributed by atoms with Gasteiger partial charge in [0, 0.05) is 31.9 Å². The maximum atomic E-state index is 13.3. The van der Waals surface area contributed by atoms with E-state index in [4.69, 9.17) is 23.2 Å². The number of nitrogens with one attached hydrogen (secondary N) is 2. The standard InChI is InChI=1S/C28H22Cl2N2O2S/c1-18-7-5-10-20(13-18)27(33)31-23-11-6-12-25(17-23)35-26(19-8-3-2-4-9-19)28(34)32-24-15-21(29)14-22(30)16-24/h2-17,26H,1H3,(H,31,33)(H,32,34). The average molecular weight is 521 g/mol. The zero-order chi connectivity index (χ0) is 24.8. The second kappa shape index (κ2) is 11.5. The summed E-state index contributed by atoms with van der Waals surface area (Å²) in [4.78, 5) is 26.8. The molecule has 0 aliphatic carbocycles. The highest BCUT2D eigenvalue weighted by atomic mass is 35.5. The SMILES string of the molecule is Cc1cccc(C(=O)Nc2cccc(SC(C(=O)Nc3cc(Cl)cc(Cl)c3)c3ccccc3)c2)c1. The topological polar surface area (TPSA) is 58.2 Å². The summed E-state index contributed by atoms with van der Waals surface area (Å²) in [6, 6.07) is 29.3. The van der Waals surface area contributed by atoms with Crippen LogP contribution in [0.25, 0.3) is 0 Å². The van der Waals surface area contributed by atoms with Crippen molar-refractivity contribution in [1.29, 1.82) is 0 Å². The number of benzene rings is 4. The first-order valence-electron chi connectivity index (χ1n) is 10.8. The molecule has 1 unspecified atom stereocenters. The molecular formula is C28H22Cl2N2O2S. The Morgan fingerprint density at radius 2 is 1.46 bits per heavy atom. The third-order valence-electron chi connectivity index (χ3n) is 5.10. The van der Waals surface area contributed by atoms with Crippen molar-refractivity contribution < 1.29 is 9.59 Å². The summed E-state index contributed by atoms with van der Waals surface area (Å²) in [6.07, 6.45) is 0. The molecule has 2 N–H and O–H groups in total. The molecule has 0 saturated heterocycles. The summed E-state index contributed by atoms with van der Waals surface area (Å²) in [5.41, 5.74) is 3.62. The van der Waals surface area contributed by atoms with Gasteiger partial charge < -0.3 is 10.6 Å². The van der Waals surface area contributed by atoms with Crippen LogP contribution in [0.2, 0.25) is 10.0 Å². The number of amides is 2. The fourth-order valence-electron chi connectivity index (χ4n) is 3.51. The molecule has 0 aromatic heterocycles. The van der Waals surface area contributed by atoms with Crippen molar-refractivity contribution in [2.24, 2.45) is 0 Å². The van der Waals surface area contributed by atoms with E-state index in [1.165, 1.54) is 11.8 Å². The molecule has 0 bridgehead atoms. The predicted molar refractivity (Wildman–Crippen MR) is 146 cm³/mol. The van der Waals surface area contributed by atoms with Crippen molar-refractivity contribution in [3.05, 3.63) is 124 Å². The van der Waals surface area contributed by atoms with Gasteiger partial charge in [-0.3, -0.25) is 9.59 Å². The Kier molecular flexibility index (Phi) is 8.13. The Hall–Kier alpha value is -3.25. The molecule has 4 aromatic rings. The lowest BCUT2D eigenvalue weighted by molar-refractivity contribution is -0.115. The van der Waals surface area contributed by atoms with Gasteiger partial charge in [0.25, 0.3) is 5.91 Å². The van der Waals surface area contributed by atoms with Crippen molar-refractivity contribution in [2.75, 3.05) is 10.6 Å². The van der Waals surface area contributed by atoms with Crippen LogP contribution in [0.5, 0.6) is 0 Å². The molecule has 0 spiro atoms. The summed E-state index contributed by atoms with van der Waals surface area (Å²) >= 11 is 13.6.